The second kappa shape index (κ2) is 8.15. The molecule has 1 aliphatic rings. The van der Waals surface area contributed by atoms with Crippen LogP contribution in [0.2, 0.25) is 0 Å². The number of piperidine rings is 1. The van der Waals surface area contributed by atoms with Crippen molar-refractivity contribution in [3.63, 3.8) is 0 Å². The van der Waals surface area contributed by atoms with E-state index in [-0.39, 0.29) is 17.9 Å². The van der Waals surface area contributed by atoms with Crippen LogP contribution in [-0.4, -0.2) is 47.6 Å². The van der Waals surface area contributed by atoms with E-state index in [9.17, 15) is 9.59 Å². The third-order valence-electron chi connectivity index (χ3n) is 3.81. The molecule has 2 N–H and O–H groups in total. The van der Waals surface area contributed by atoms with Crippen LogP contribution >= 0.6 is 0 Å². The van der Waals surface area contributed by atoms with Crippen molar-refractivity contribution >= 4 is 11.9 Å². The molecular formula is C14H26N2O3. The molecule has 0 spiro atoms. The van der Waals surface area contributed by atoms with E-state index in [0.717, 1.165) is 38.6 Å². The van der Waals surface area contributed by atoms with E-state index in [2.05, 4.69) is 12.2 Å². The van der Waals surface area contributed by atoms with Crippen LogP contribution in [0.1, 0.15) is 46.0 Å². The quantitative estimate of drug-likeness (QED) is 0.687. The van der Waals surface area contributed by atoms with Gasteiger partial charge in [-0.1, -0.05) is 19.8 Å². The minimum absolute atomic E-state index is 0.0159. The number of amides is 1. The Morgan fingerprint density at radius 2 is 2.16 bits per heavy atom. The Morgan fingerprint density at radius 1 is 1.42 bits per heavy atom. The Balaban J connectivity index is 2.36. The molecule has 0 radical (unpaired) electrons. The molecule has 1 aliphatic heterocycles. The number of carboxylic acids is 1. The fourth-order valence-electron chi connectivity index (χ4n) is 2.46. The summed E-state index contributed by atoms with van der Waals surface area (Å²) >= 11 is 0. The lowest BCUT2D eigenvalue weighted by molar-refractivity contribution is -0.145. The maximum absolute atomic E-state index is 12.0. The maximum Gasteiger partial charge on any atom is 0.307 e. The van der Waals surface area contributed by atoms with Gasteiger partial charge in [-0.05, 0) is 32.7 Å². The van der Waals surface area contributed by atoms with Crippen LogP contribution in [0.15, 0.2) is 0 Å². The summed E-state index contributed by atoms with van der Waals surface area (Å²) < 4.78 is 0. The first-order chi connectivity index (χ1) is 9.06. The van der Waals surface area contributed by atoms with Gasteiger partial charge in [0.05, 0.1) is 12.0 Å². The average Bonchev–Trinajstić information content (AvgIpc) is 2.42. The lowest BCUT2D eigenvalue weighted by Gasteiger charge is -2.34. The van der Waals surface area contributed by atoms with Crippen molar-refractivity contribution in [1.29, 1.82) is 0 Å². The number of likely N-dealkylation sites (tertiary alicyclic amines) is 1. The van der Waals surface area contributed by atoms with Crippen LogP contribution in [0.5, 0.6) is 0 Å². The van der Waals surface area contributed by atoms with Crippen molar-refractivity contribution in [2.24, 2.45) is 5.92 Å². The van der Waals surface area contributed by atoms with E-state index in [1.807, 2.05) is 11.8 Å². The highest BCUT2D eigenvalue weighted by Gasteiger charge is 2.30. The summed E-state index contributed by atoms with van der Waals surface area (Å²) in [6.45, 7) is 6.00. The van der Waals surface area contributed by atoms with Crippen LogP contribution in [0, 0.1) is 5.92 Å². The minimum atomic E-state index is -0.750. The van der Waals surface area contributed by atoms with E-state index in [4.69, 9.17) is 5.11 Å². The molecule has 1 amide bonds. The number of nitrogens with one attached hydrogen (secondary N) is 1. The highest BCUT2D eigenvalue weighted by molar-refractivity contribution is 5.81. The number of carbonyl (C=O) groups excluding carboxylic acids is 1. The van der Waals surface area contributed by atoms with E-state index >= 15 is 0 Å². The molecule has 2 atom stereocenters. The van der Waals surface area contributed by atoms with Crippen molar-refractivity contribution in [2.45, 2.75) is 52.0 Å². The number of carboxylic acid groups (broad SMARTS) is 1. The lowest BCUT2D eigenvalue weighted by Crippen LogP contribution is -2.50. The Morgan fingerprint density at radius 3 is 2.79 bits per heavy atom. The molecule has 1 fully saturated rings. The zero-order valence-electron chi connectivity index (χ0n) is 12.0. The summed E-state index contributed by atoms with van der Waals surface area (Å²) in [4.78, 5) is 25.0. The number of hydrogen-bond acceptors (Lipinski definition) is 3. The molecule has 5 heteroatoms. The van der Waals surface area contributed by atoms with Gasteiger partial charge in [0, 0.05) is 13.1 Å². The molecule has 1 heterocycles. The Bertz CT molecular complexity index is 307. The minimum Gasteiger partial charge on any atom is -0.481 e. The van der Waals surface area contributed by atoms with Gasteiger partial charge in [-0.25, -0.2) is 0 Å². The van der Waals surface area contributed by atoms with Crippen molar-refractivity contribution < 1.29 is 14.7 Å². The lowest BCUT2D eigenvalue weighted by atomic mass is 9.97. The molecule has 5 nitrogen and oxygen atoms in total. The van der Waals surface area contributed by atoms with Gasteiger partial charge in [0.2, 0.25) is 5.91 Å². The van der Waals surface area contributed by atoms with Crippen LogP contribution in [0.4, 0.5) is 0 Å². The maximum atomic E-state index is 12.0. The third kappa shape index (κ3) is 5.19. The summed E-state index contributed by atoms with van der Waals surface area (Å²) in [6, 6.07) is -0.233. The van der Waals surface area contributed by atoms with Crippen molar-refractivity contribution in [2.75, 3.05) is 19.6 Å². The van der Waals surface area contributed by atoms with Gasteiger partial charge in [0.1, 0.15) is 0 Å². The predicted molar refractivity (Wildman–Crippen MR) is 73.9 cm³/mol. The van der Waals surface area contributed by atoms with Crippen LogP contribution in [-0.2, 0) is 9.59 Å². The summed E-state index contributed by atoms with van der Waals surface area (Å²) in [5, 5.41) is 12.0. The second-order valence-electron chi connectivity index (χ2n) is 5.35. The average molecular weight is 270 g/mol. The summed E-state index contributed by atoms with van der Waals surface area (Å²) in [7, 11) is 0. The van der Waals surface area contributed by atoms with Gasteiger partial charge in [0.25, 0.3) is 0 Å². The zero-order valence-corrected chi connectivity index (χ0v) is 12.0. The highest BCUT2D eigenvalue weighted by atomic mass is 16.4. The van der Waals surface area contributed by atoms with Crippen LogP contribution in [0.3, 0.4) is 0 Å². The van der Waals surface area contributed by atoms with Crippen molar-refractivity contribution in [1.82, 2.24) is 10.2 Å². The van der Waals surface area contributed by atoms with E-state index in [1.54, 1.807) is 0 Å². The van der Waals surface area contributed by atoms with E-state index in [1.165, 1.54) is 0 Å². The molecule has 2 unspecified atom stereocenters. The number of hydrogen-bond donors (Lipinski definition) is 2. The Labute approximate surface area is 115 Å². The highest BCUT2D eigenvalue weighted by Crippen LogP contribution is 2.18. The molecule has 0 aromatic rings. The second-order valence-corrected chi connectivity index (χ2v) is 5.35. The summed E-state index contributed by atoms with van der Waals surface area (Å²) in [6.07, 6.45) is 4.84. The number of rotatable bonds is 7. The molecular weight excluding hydrogens is 244 g/mol. The summed E-state index contributed by atoms with van der Waals surface area (Å²) in [5.41, 5.74) is 0. The fraction of sp³-hybridized carbons (Fsp3) is 0.857. The number of carbonyl (C=O) groups is 2. The Hall–Kier alpha value is -1.10. The molecule has 110 valence electrons. The van der Waals surface area contributed by atoms with Gasteiger partial charge < -0.3 is 10.4 Å². The molecule has 0 aromatic carbocycles. The molecule has 1 saturated heterocycles. The van der Waals surface area contributed by atoms with Crippen LogP contribution < -0.4 is 5.32 Å². The third-order valence-corrected chi connectivity index (χ3v) is 3.81. The molecule has 0 saturated carbocycles. The summed E-state index contributed by atoms with van der Waals surface area (Å²) in [5.74, 6) is -1.06. The fourth-order valence-corrected chi connectivity index (χ4v) is 2.46. The van der Waals surface area contributed by atoms with Crippen molar-refractivity contribution in [3.05, 3.63) is 0 Å². The molecule has 0 bridgehead atoms. The standard InChI is InChI=1S/C14H26N2O3/c1-3-4-5-8-15-13(17)11(2)16-9-6-7-12(10-16)14(18)19/h11-12H,3-10H2,1-2H3,(H,15,17)(H,18,19). The zero-order chi connectivity index (χ0) is 14.3. The van der Waals surface area contributed by atoms with Crippen LogP contribution in [0.25, 0.3) is 0 Å². The first-order valence-corrected chi connectivity index (χ1v) is 7.30. The first-order valence-electron chi connectivity index (χ1n) is 7.30. The van der Waals surface area contributed by atoms with E-state index in [0.29, 0.717) is 13.1 Å². The van der Waals surface area contributed by atoms with Crippen molar-refractivity contribution in [3.8, 4) is 0 Å². The van der Waals surface area contributed by atoms with Gasteiger partial charge in [-0.2, -0.15) is 0 Å². The smallest absolute Gasteiger partial charge is 0.307 e. The normalized spacial score (nSPS) is 21.9. The largest absolute Gasteiger partial charge is 0.481 e. The molecule has 0 aliphatic carbocycles. The van der Waals surface area contributed by atoms with Gasteiger partial charge >= 0.3 is 5.97 Å². The monoisotopic (exact) mass is 270 g/mol. The van der Waals surface area contributed by atoms with E-state index < -0.39 is 5.97 Å². The predicted octanol–water partition coefficient (Wildman–Crippen LogP) is 1.48. The van der Waals surface area contributed by atoms with Gasteiger partial charge in [-0.3, -0.25) is 14.5 Å². The number of unbranched alkanes of at least 4 members (excludes halogenated alkanes) is 2. The molecule has 19 heavy (non-hydrogen) atoms. The topological polar surface area (TPSA) is 69.6 Å². The first kappa shape index (κ1) is 16.0. The molecule has 0 aromatic heterocycles. The molecule has 1 rings (SSSR count). The number of nitrogens with zero attached hydrogens (tertiary/aromatic N) is 1. The Kier molecular flexibility index (Phi) is 6.84. The van der Waals surface area contributed by atoms with Gasteiger partial charge in [-0.15, -0.1) is 0 Å². The van der Waals surface area contributed by atoms with Gasteiger partial charge in [0.15, 0.2) is 0 Å². The SMILES string of the molecule is CCCCCNC(=O)C(C)N1CCCC(C(=O)O)C1. The number of aliphatic carboxylic acids is 1.